The summed E-state index contributed by atoms with van der Waals surface area (Å²) in [6, 6.07) is 5.43. The molecule has 1 N–H and O–H groups in total. The Hall–Kier alpha value is -2.12. The highest BCUT2D eigenvalue weighted by molar-refractivity contribution is 7.90. The van der Waals surface area contributed by atoms with Crippen molar-refractivity contribution in [2.75, 3.05) is 12.9 Å². The van der Waals surface area contributed by atoms with E-state index in [4.69, 9.17) is 4.74 Å². The Morgan fingerprint density at radius 3 is 2.81 bits per heavy atom. The van der Waals surface area contributed by atoms with Crippen LogP contribution in [0.1, 0.15) is 6.92 Å². The van der Waals surface area contributed by atoms with Crippen LogP contribution < -0.4 is 4.74 Å². The molecule has 0 amide bonds. The molecule has 1 unspecified atom stereocenters. The van der Waals surface area contributed by atoms with Crippen LogP contribution in [0.5, 0.6) is 5.75 Å². The SMILES string of the molecule is CCOc1cc([S+](C)[O-])ccc1-c1nc2nccnc2[nH]1. The quantitative estimate of drug-likeness (QED) is 0.746. The van der Waals surface area contributed by atoms with E-state index in [1.165, 1.54) is 0 Å². The molecule has 2 heterocycles. The van der Waals surface area contributed by atoms with Crippen LogP contribution in [0.3, 0.4) is 0 Å². The smallest absolute Gasteiger partial charge is 0.197 e. The molecule has 0 aliphatic heterocycles. The number of ether oxygens (including phenoxy) is 1. The summed E-state index contributed by atoms with van der Waals surface area (Å²) in [5, 5.41) is 0. The summed E-state index contributed by atoms with van der Waals surface area (Å²) in [6.07, 6.45) is 4.84. The number of aromatic nitrogens is 4. The minimum Gasteiger partial charge on any atom is -0.612 e. The van der Waals surface area contributed by atoms with Gasteiger partial charge in [-0.3, -0.25) is 0 Å². The van der Waals surface area contributed by atoms with Crippen molar-refractivity contribution in [2.24, 2.45) is 0 Å². The summed E-state index contributed by atoms with van der Waals surface area (Å²) >= 11 is -1.06. The third-order valence-electron chi connectivity index (χ3n) is 2.97. The molecule has 108 valence electrons. The number of benzene rings is 1. The van der Waals surface area contributed by atoms with Gasteiger partial charge >= 0.3 is 0 Å². The number of H-pyrrole nitrogens is 1. The Labute approximate surface area is 124 Å². The Morgan fingerprint density at radius 2 is 2.10 bits per heavy atom. The van der Waals surface area contributed by atoms with Crippen LogP contribution >= 0.6 is 0 Å². The molecule has 1 aromatic carbocycles. The number of imidazole rings is 1. The van der Waals surface area contributed by atoms with Crippen LogP contribution in [-0.2, 0) is 11.2 Å². The summed E-state index contributed by atoms with van der Waals surface area (Å²) in [7, 11) is 0. The van der Waals surface area contributed by atoms with Crippen molar-refractivity contribution in [3.05, 3.63) is 30.6 Å². The molecule has 0 saturated carbocycles. The second kappa shape index (κ2) is 5.71. The van der Waals surface area contributed by atoms with E-state index in [0.717, 1.165) is 10.5 Å². The van der Waals surface area contributed by atoms with Gasteiger partial charge in [0.05, 0.1) is 12.2 Å². The molecule has 3 aromatic rings. The van der Waals surface area contributed by atoms with E-state index in [1.54, 1.807) is 24.7 Å². The zero-order valence-corrected chi connectivity index (χ0v) is 12.5. The van der Waals surface area contributed by atoms with Crippen LogP contribution in [0.15, 0.2) is 35.5 Å². The molecule has 2 aromatic heterocycles. The summed E-state index contributed by atoms with van der Waals surface area (Å²) in [5.41, 5.74) is 1.97. The average Bonchev–Trinajstić information content (AvgIpc) is 2.91. The van der Waals surface area contributed by atoms with Crippen LogP contribution in [0.4, 0.5) is 0 Å². The van der Waals surface area contributed by atoms with Gasteiger partial charge in [-0.1, -0.05) is 0 Å². The summed E-state index contributed by atoms with van der Waals surface area (Å²) in [6.45, 7) is 2.42. The molecule has 21 heavy (non-hydrogen) atoms. The number of hydrogen-bond donors (Lipinski definition) is 1. The molecule has 0 bridgehead atoms. The van der Waals surface area contributed by atoms with Crippen molar-refractivity contribution < 1.29 is 9.29 Å². The first-order valence-electron chi connectivity index (χ1n) is 6.46. The zero-order valence-electron chi connectivity index (χ0n) is 11.7. The predicted octanol–water partition coefficient (Wildman–Crippen LogP) is 2.16. The van der Waals surface area contributed by atoms with Crippen molar-refractivity contribution >= 4 is 22.5 Å². The fourth-order valence-electron chi connectivity index (χ4n) is 2.03. The molecule has 0 fully saturated rings. The number of fused-ring (bicyclic) bond motifs is 1. The highest BCUT2D eigenvalue weighted by Gasteiger charge is 2.15. The lowest BCUT2D eigenvalue weighted by molar-refractivity contribution is 0.340. The van der Waals surface area contributed by atoms with Crippen LogP contribution in [0, 0.1) is 0 Å². The molecular weight excluding hydrogens is 288 g/mol. The normalized spacial score (nSPS) is 12.5. The second-order valence-electron chi connectivity index (χ2n) is 4.36. The number of nitrogens with zero attached hydrogens (tertiary/aromatic N) is 3. The highest BCUT2D eigenvalue weighted by Crippen LogP contribution is 2.31. The lowest BCUT2D eigenvalue weighted by atomic mass is 10.2. The van der Waals surface area contributed by atoms with Crippen molar-refractivity contribution in [3.63, 3.8) is 0 Å². The number of hydrogen-bond acceptors (Lipinski definition) is 5. The maximum absolute atomic E-state index is 11.6. The fourth-order valence-corrected chi connectivity index (χ4v) is 2.56. The number of aromatic amines is 1. The molecule has 0 aliphatic carbocycles. The average molecular weight is 302 g/mol. The van der Waals surface area contributed by atoms with Gasteiger partial charge in [-0.15, -0.1) is 0 Å². The number of rotatable bonds is 4. The van der Waals surface area contributed by atoms with E-state index in [1.807, 2.05) is 19.1 Å². The van der Waals surface area contributed by atoms with Crippen molar-refractivity contribution in [1.29, 1.82) is 0 Å². The standard InChI is InChI=1S/C14H14N4O2S/c1-3-20-11-8-9(21(2)19)4-5-10(11)12-17-13-14(18-12)16-7-6-15-13/h4-8H,3H2,1-2H3,(H,15,16,17,18). The first kappa shape index (κ1) is 13.8. The Kier molecular flexibility index (Phi) is 3.76. The Morgan fingerprint density at radius 1 is 1.29 bits per heavy atom. The van der Waals surface area contributed by atoms with Crippen molar-refractivity contribution in [2.45, 2.75) is 11.8 Å². The molecule has 0 radical (unpaired) electrons. The van der Waals surface area contributed by atoms with Gasteiger partial charge in [0, 0.05) is 18.5 Å². The third kappa shape index (κ3) is 2.70. The van der Waals surface area contributed by atoms with Gasteiger partial charge in [0.1, 0.15) is 17.8 Å². The second-order valence-corrected chi connectivity index (χ2v) is 5.74. The van der Waals surface area contributed by atoms with E-state index >= 15 is 0 Å². The van der Waals surface area contributed by atoms with Gasteiger partial charge in [-0.2, -0.15) is 0 Å². The minimum absolute atomic E-state index is 0.517. The van der Waals surface area contributed by atoms with Gasteiger partial charge in [-0.25, -0.2) is 15.0 Å². The number of nitrogens with one attached hydrogen (secondary N) is 1. The lowest BCUT2D eigenvalue weighted by Crippen LogP contribution is -2.00. The highest BCUT2D eigenvalue weighted by atomic mass is 32.2. The van der Waals surface area contributed by atoms with E-state index in [9.17, 15) is 4.55 Å². The largest absolute Gasteiger partial charge is 0.612 e. The predicted molar refractivity (Wildman–Crippen MR) is 80.6 cm³/mol. The Balaban J connectivity index is 2.11. The summed E-state index contributed by atoms with van der Waals surface area (Å²) < 4.78 is 17.2. The van der Waals surface area contributed by atoms with E-state index < -0.39 is 11.2 Å². The molecular formula is C14H14N4O2S. The zero-order chi connectivity index (χ0) is 14.8. The van der Waals surface area contributed by atoms with Crippen LogP contribution in [-0.4, -0.2) is 37.4 Å². The molecule has 1 atom stereocenters. The molecule has 3 rings (SSSR count). The van der Waals surface area contributed by atoms with Gasteiger partial charge in [-0.05, 0) is 30.2 Å². The van der Waals surface area contributed by atoms with Crippen molar-refractivity contribution in [3.8, 4) is 17.1 Å². The van der Waals surface area contributed by atoms with Gasteiger partial charge in [0.15, 0.2) is 16.2 Å². The third-order valence-corrected chi connectivity index (χ3v) is 3.89. The first-order chi connectivity index (χ1) is 10.2. The monoisotopic (exact) mass is 302 g/mol. The maximum atomic E-state index is 11.6. The minimum atomic E-state index is -1.06. The summed E-state index contributed by atoms with van der Waals surface area (Å²) in [5.74, 6) is 1.28. The summed E-state index contributed by atoms with van der Waals surface area (Å²) in [4.78, 5) is 16.6. The van der Waals surface area contributed by atoms with E-state index in [0.29, 0.717) is 29.5 Å². The van der Waals surface area contributed by atoms with Crippen LogP contribution in [0.25, 0.3) is 22.7 Å². The van der Waals surface area contributed by atoms with Gasteiger partial charge in [0.2, 0.25) is 0 Å². The van der Waals surface area contributed by atoms with Gasteiger partial charge < -0.3 is 14.3 Å². The fraction of sp³-hybridized carbons (Fsp3) is 0.214. The van der Waals surface area contributed by atoms with E-state index in [-0.39, 0.29) is 0 Å². The first-order valence-corrected chi connectivity index (χ1v) is 8.02. The molecule has 7 heteroatoms. The molecule has 0 aliphatic rings. The maximum Gasteiger partial charge on any atom is 0.197 e. The molecule has 6 nitrogen and oxygen atoms in total. The van der Waals surface area contributed by atoms with Crippen LogP contribution in [0.2, 0.25) is 0 Å². The topological polar surface area (TPSA) is 86.8 Å². The lowest BCUT2D eigenvalue weighted by Gasteiger charge is -2.11. The Bertz CT molecular complexity index is 740. The molecule has 0 spiro atoms. The van der Waals surface area contributed by atoms with Gasteiger partial charge in [0.25, 0.3) is 0 Å². The van der Waals surface area contributed by atoms with Crippen molar-refractivity contribution in [1.82, 2.24) is 19.9 Å². The molecule has 0 saturated heterocycles. The van der Waals surface area contributed by atoms with E-state index in [2.05, 4.69) is 19.9 Å².